The molecule has 1 aliphatic heterocycles. The van der Waals surface area contributed by atoms with E-state index in [0.717, 1.165) is 9.52 Å². The zero-order chi connectivity index (χ0) is 26.4. The minimum atomic E-state index is -0.826. The van der Waals surface area contributed by atoms with Gasteiger partial charge in [0, 0.05) is 0 Å². The second-order valence-corrected chi connectivity index (χ2v) is 14.7. The van der Waals surface area contributed by atoms with E-state index in [0.29, 0.717) is 11.8 Å². The molecule has 0 atom stereocenters. The van der Waals surface area contributed by atoms with Crippen molar-refractivity contribution in [3.05, 3.63) is 114 Å². The van der Waals surface area contributed by atoms with Gasteiger partial charge >= 0.3 is 37.9 Å². The first-order chi connectivity index (χ1) is 17.9. The van der Waals surface area contributed by atoms with E-state index in [-0.39, 0.29) is 0 Å². The average Bonchev–Trinajstić information content (AvgIpc) is 3.51. The van der Waals surface area contributed by atoms with Crippen molar-refractivity contribution >= 4 is 47.7 Å². The van der Waals surface area contributed by atoms with Crippen molar-refractivity contribution < 1.29 is 20.8 Å². The number of hydrogen-bond acceptors (Lipinski definition) is 0. The zero-order valence-electron chi connectivity index (χ0n) is 21.6. The van der Waals surface area contributed by atoms with Crippen LogP contribution >= 0.6 is 17.0 Å². The fraction of sp³-hybridized carbons (Fsp3) is 0.182. The van der Waals surface area contributed by atoms with E-state index in [2.05, 4.69) is 125 Å². The molecule has 1 aliphatic rings. The van der Waals surface area contributed by atoms with Crippen LogP contribution in [0.5, 0.6) is 0 Å². The molecular weight excluding hydrogens is 587 g/mol. The van der Waals surface area contributed by atoms with E-state index >= 15 is 0 Å². The summed E-state index contributed by atoms with van der Waals surface area (Å²) in [6.07, 6.45) is 0. The van der Waals surface area contributed by atoms with Crippen molar-refractivity contribution in [1.29, 1.82) is 0 Å². The second kappa shape index (κ2) is 13.3. The first-order valence-electron chi connectivity index (χ1n) is 12.6. The molecule has 184 valence electrons. The summed E-state index contributed by atoms with van der Waals surface area (Å²) in [7, 11) is 10.7. The minimum absolute atomic E-state index is 0.530. The van der Waals surface area contributed by atoms with E-state index in [4.69, 9.17) is 17.0 Å². The maximum atomic E-state index is 4.93. The molecule has 1 heterocycles. The average molecular weight is 617 g/mol. The Morgan fingerprint density at radius 2 is 1.46 bits per heavy atom. The molecule has 0 nitrogen and oxygen atoms in total. The molecule has 5 aromatic carbocycles. The van der Waals surface area contributed by atoms with Crippen molar-refractivity contribution in [3.8, 4) is 22.3 Å². The van der Waals surface area contributed by atoms with Crippen LogP contribution in [0.1, 0.15) is 50.7 Å². The largest absolute Gasteiger partial charge is 0.184 e. The number of benzene rings is 4. The smallest absolute Gasteiger partial charge is 0.0920 e. The minimum Gasteiger partial charge on any atom is -0.184 e. The fourth-order valence-corrected chi connectivity index (χ4v) is 6.10. The summed E-state index contributed by atoms with van der Waals surface area (Å²) in [5.74, 6) is 1.10. The van der Waals surface area contributed by atoms with E-state index in [1.54, 1.807) is 0 Å². The van der Waals surface area contributed by atoms with Crippen molar-refractivity contribution in [2.45, 2.75) is 39.5 Å². The van der Waals surface area contributed by atoms with Gasteiger partial charge in [-0.3, -0.25) is 0 Å². The standard InChI is InChI=1S/C21H23.C12H7Si.2ClH.Zr/c1-14(2)18-12-17-10-11-19(15(3)4)21(20(17)13-18)16-8-6-5-7-9-16;1-3-7-11-9(5-1)10-6-2-4-8-12(10)13-11;;;/h5-15H,1-4H3;1-7H;2*1H;/q2*-1;;;+4/p-2. The summed E-state index contributed by atoms with van der Waals surface area (Å²) in [6, 6.07) is 38.3. The van der Waals surface area contributed by atoms with Gasteiger partial charge in [-0.25, -0.2) is 0 Å². The maximum Gasteiger partial charge on any atom is 0.0920 e. The van der Waals surface area contributed by atoms with Crippen molar-refractivity contribution in [2.75, 3.05) is 0 Å². The maximum absolute atomic E-state index is 4.93. The topological polar surface area (TPSA) is 0 Å². The van der Waals surface area contributed by atoms with Crippen LogP contribution in [0.15, 0.2) is 97.1 Å². The van der Waals surface area contributed by atoms with Gasteiger partial charge < -0.3 is 0 Å². The van der Waals surface area contributed by atoms with Gasteiger partial charge in [0.2, 0.25) is 0 Å². The van der Waals surface area contributed by atoms with Gasteiger partial charge in [0.05, 0.1) is 9.52 Å². The molecule has 0 aliphatic carbocycles. The van der Waals surface area contributed by atoms with Crippen LogP contribution in [0.25, 0.3) is 33.0 Å². The van der Waals surface area contributed by atoms with Crippen LogP contribution in [0, 0.1) is 6.07 Å². The normalized spacial score (nSPS) is 11.2. The summed E-state index contributed by atoms with van der Waals surface area (Å²) >= 11 is -0.826. The van der Waals surface area contributed by atoms with E-state index in [9.17, 15) is 0 Å². The predicted octanol–water partition coefficient (Wildman–Crippen LogP) is 8.97. The predicted molar refractivity (Wildman–Crippen MR) is 161 cm³/mol. The molecule has 0 unspecified atom stereocenters. The number of fused-ring (bicyclic) bond motifs is 4. The molecule has 2 radical (unpaired) electrons. The van der Waals surface area contributed by atoms with E-state index in [1.807, 2.05) is 6.07 Å². The summed E-state index contributed by atoms with van der Waals surface area (Å²) < 4.78 is 0. The number of hydrogen-bond donors (Lipinski definition) is 0. The Kier molecular flexibility index (Phi) is 10.1. The van der Waals surface area contributed by atoms with Crippen molar-refractivity contribution in [3.63, 3.8) is 0 Å². The number of rotatable bonds is 3. The molecule has 0 saturated heterocycles. The van der Waals surface area contributed by atoms with Crippen LogP contribution < -0.4 is 10.4 Å². The van der Waals surface area contributed by atoms with Gasteiger partial charge in [0.1, 0.15) is 0 Å². The Morgan fingerprint density at radius 1 is 0.784 bits per heavy atom. The molecule has 4 heteroatoms. The Balaban J connectivity index is 0.000000170. The fourth-order valence-electron chi connectivity index (χ4n) is 4.79. The Bertz CT molecular complexity index is 1410. The molecule has 0 aromatic heterocycles. The van der Waals surface area contributed by atoms with Crippen molar-refractivity contribution in [1.82, 2.24) is 0 Å². The van der Waals surface area contributed by atoms with Gasteiger partial charge in [-0.1, -0.05) is 104 Å². The molecule has 0 spiro atoms. The molecule has 0 amide bonds. The molecule has 0 fully saturated rings. The van der Waals surface area contributed by atoms with Gasteiger partial charge in [0.25, 0.3) is 0 Å². The molecule has 6 rings (SSSR count). The second-order valence-electron chi connectivity index (χ2n) is 9.70. The summed E-state index contributed by atoms with van der Waals surface area (Å²) in [5, 5.41) is 5.58. The van der Waals surface area contributed by atoms with Crippen LogP contribution in [0.4, 0.5) is 0 Å². The quantitative estimate of drug-likeness (QED) is 0.138. The first-order valence-corrected chi connectivity index (χ1v) is 19.9. The molecular formula is C33H30Cl2SiZr. The third-order valence-electron chi connectivity index (χ3n) is 6.63. The van der Waals surface area contributed by atoms with Crippen LogP contribution in [-0.2, 0) is 20.8 Å². The van der Waals surface area contributed by atoms with Crippen LogP contribution in [-0.4, -0.2) is 9.52 Å². The van der Waals surface area contributed by atoms with Gasteiger partial charge in [-0.05, 0) is 17.4 Å². The van der Waals surface area contributed by atoms with Gasteiger partial charge in [0.15, 0.2) is 0 Å². The molecule has 0 saturated carbocycles. The third kappa shape index (κ3) is 6.61. The molecule has 0 bridgehead atoms. The van der Waals surface area contributed by atoms with Crippen LogP contribution in [0.3, 0.4) is 0 Å². The Labute approximate surface area is 242 Å². The monoisotopic (exact) mass is 614 g/mol. The number of halogens is 2. The molecule has 5 aromatic rings. The van der Waals surface area contributed by atoms with E-state index < -0.39 is 20.8 Å². The Hall–Kier alpha value is -1.83. The van der Waals surface area contributed by atoms with Crippen LogP contribution in [0.2, 0.25) is 0 Å². The first kappa shape index (κ1) is 28.2. The molecule has 0 N–H and O–H groups in total. The molecule has 37 heavy (non-hydrogen) atoms. The van der Waals surface area contributed by atoms with Gasteiger partial charge in [-0.15, -0.1) is 40.1 Å². The van der Waals surface area contributed by atoms with Crippen molar-refractivity contribution in [2.24, 2.45) is 0 Å². The van der Waals surface area contributed by atoms with E-state index in [1.165, 1.54) is 54.5 Å². The SMILES string of the molecule is CC(C)c1cc2c(-c3ccccc3)c(C(C)C)ccc2[cH-]1.[Cl][Zr+2][Cl].[c-]1cccc2c1[Si]c1ccccc1-2. The third-order valence-corrected chi connectivity index (χ3v) is 8.00. The Morgan fingerprint density at radius 3 is 2.16 bits per heavy atom. The summed E-state index contributed by atoms with van der Waals surface area (Å²) in [4.78, 5) is 0. The zero-order valence-corrected chi connectivity index (χ0v) is 26.6. The summed E-state index contributed by atoms with van der Waals surface area (Å²) in [6.45, 7) is 9.08. The summed E-state index contributed by atoms with van der Waals surface area (Å²) in [5.41, 5.74) is 8.38. The van der Waals surface area contributed by atoms with Gasteiger partial charge in [-0.2, -0.15) is 35.5 Å².